The van der Waals surface area contributed by atoms with Crippen molar-refractivity contribution in [2.24, 2.45) is 0 Å². The molecule has 0 saturated carbocycles. The van der Waals surface area contributed by atoms with Gasteiger partial charge in [-0.1, -0.05) is 48.0 Å². The number of aromatic nitrogens is 3. The number of hydrogen-bond donors (Lipinski definition) is 2. The van der Waals surface area contributed by atoms with Gasteiger partial charge in [0.05, 0.1) is 16.7 Å². The second-order valence-electron chi connectivity index (χ2n) is 5.63. The van der Waals surface area contributed by atoms with Crippen molar-refractivity contribution >= 4 is 17.5 Å². The van der Waals surface area contributed by atoms with Crippen LogP contribution in [0.1, 0.15) is 17.2 Å². The number of nitrogens with one attached hydrogen (secondary N) is 1. The Hall–Kier alpha value is -2.71. The van der Waals surface area contributed by atoms with Gasteiger partial charge in [0.1, 0.15) is 6.33 Å². The highest BCUT2D eigenvalue weighted by atomic mass is 35.5. The third kappa shape index (κ3) is 4.72. The first-order chi connectivity index (χ1) is 12.8. The number of aliphatic hydroxyl groups excluding tert-OH is 1. The van der Waals surface area contributed by atoms with Gasteiger partial charge >= 0.3 is 6.18 Å². The number of anilines is 1. The Balaban J connectivity index is 1.75. The Labute approximate surface area is 157 Å². The molecule has 2 N–H and O–H groups in total. The van der Waals surface area contributed by atoms with Gasteiger partial charge in [0, 0.05) is 12.1 Å². The Morgan fingerprint density at radius 3 is 2.48 bits per heavy atom. The summed E-state index contributed by atoms with van der Waals surface area (Å²) < 4.78 is 38.4. The van der Waals surface area contributed by atoms with E-state index in [1.54, 1.807) is 12.1 Å². The fraction of sp³-hybridized carbons (Fsp3) is 0.167. The Morgan fingerprint density at radius 2 is 1.81 bits per heavy atom. The standard InChI is InChI=1S/C18H14ClF3N4O/c19-14-8-12(6-7-13(14)18(20,21)22)16-24-10-25-17(26-16)23-9-15(27)11-4-2-1-3-5-11/h1-8,10,15,27H,9H2,(H,23,24,25,26)/t15-/m0/s1. The van der Waals surface area contributed by atoms with Crippen LogP contribution in [-0.2, 0) is 6.18 Å². The molecule has 9 heteroatoms. The lowest BCUT2D eigenvalue weighted by atomic mass is 10.1. The molecule has 27 heavy (non-hydrogen) atoms. The molecule has 0 saturated heterocycles. The average Bonchev–Trinajstić information content (AvgIpc) is 2.66. The van der Waals surface area contributed by atoms with Gasteiger partial charge in [-0.2, -0.15) is 18.2 Å². The number of benzene rings is 2. The monoisotopic (exact) mass is 394 g/mol. The van der Waals surface area contributed by atoms with E-state index in [0.29, 0.717) is 5.56 Å². The van der Waals surface area contributed by atoms with E-state index in [9.17, 15) is 18.3 Å². The zero-order valence-corrected chi connectivity index (χ0v) is 14.5. The molecule has 2 aromatic carbocycles. The van der Waals surface area contributed by atoms with Crippen molar-refractivity contribution in [3.05, 3.63) is 71.0 Å². The van der Waals surface area contributed by atoms with Gasteiger partial charge < -0.3 is 10.4 Å². The predicted molar refractivity (Wildman–Crippen MR) is 95.2 cm³/mol. The minimum Gasteiger partial charge on any atom is -0.387 e. The van der Waals surface area contributed by atoms with E-state index < -0.39 is 22.9 Å². The van der Waals surface area contributed by atoms with Crippen molar-refractivity contribution in [3.8, 4) is 11.4 Å². The summed E-state index contributed by atoms with van der Waals surface area (Å²) in [4.78, 5) is 12.1. The maximum atomic E-state index is 12.8. The minimum atomic E-state index is -4.53. The topological polar surface area (TPSA) is 70.9 Å². The zero-order valence-electron chi connectivity index (χ0n) is 13.8. The number of halogens is 4. The fourth-order valence-electron chi connectivity index (χ4n) is 2.39. The zero-order chi connectivity index (χ0) is 19.4. The van der Waals surface area contributed by atoms with Crippen LogP contribution in [0.5, 0.6) is 0 Å². The van der Waals surface area contributed by atoms with E-state index in [4.69, 9.17) is 11.6 Å². The van der Waals surface area contributed by atoms with Crippen molar-refractivity contribution in [3.63, 3.8) is 0 Å². The lowest BCUT2D eigenvalue weighted by Gasteiger charge is -2.12. The maximum absolute atomic E-state index is 12.8. The summed E-state index contributed by atoms with van der Waals surface area (Å²) in [6, 6.07) is 12.3. The molecule has 0 fully saturated rings. The van der Waals surface area contributed by atoms with Crippen LogP contribution in [0.4, 0.5) is 19.1 Å². The number of rotatable bonds is 5. The normalized spacial score (nSPS) is 12.6. The molecule has 1 atom stereocenters. The van der Waals surface area contributed by atoms with Crippen molar-refractivity contribution in [2.45, 2.75) is 12.3 Å². The number of hydrogen-bond acceptors (Lipinski definition) is 5. The van der Waals surface area contributed by atoms with E-state index in [2.05, 4.69) is 20.3 Å². The van der Waals surface area contributed by atoms with Crippen LogP contribution >= 0.6 is 11.6 Å². The lowest BCUT2D eigenvalue weighted by molar-refractivity contribution is -0.137. The Kier molecular flexibility index (Phi) is 5.57. The van der Waals surface area contributed by atoms with Gasteiger partial charge in [-0.3, -0.25) is 0 Å². The third-order valence-electron chi connectivity index (χ3n) is 3.74. The number of alkyl halides is 3. The van der Waals surface area contributed by atoms with Gasteiger partial charge in [0.25, 0.3) is 0 Å². The summed E-state index contributed by atoms with van der Waals surface area (Å²) in [7, 11) is 0. The van der Waals surface area contributed by atoms with E-state index in [1.165, 1.54) is 12.4 Å². The molecule has 5 nitrogen and oxygen atoms in total. The van der Waals surface area contributed by atoms with Crippen LogP contribution in [-0.4, -0.2) is 26.6 Å². The first-order valence-corrected chi connectivity index (χ1v) is 8.25. The SMILES string of the molecule is O[C@@H](CNc1ncnc(-c2ccc(C(F)(F)F)c(Cl)c2)n1)c1ccccc1. The second kappa shape index (κ2) is 7.89. The quantitative estimate of drug-likeness (QED) is 0.673. The maximum Gasteiger partial charge on any atom is 0.417 e. The van der Waals surface area contributed by atoms with E-state index >= 15 is 0 Å². The van der Waals surface area contributed by atoms with Gasteiger partial charge in [-0.25, -0.2) is 9.97 Å². The summed E-state index contributed by atoms with van der Waals surface area (Å²) in [6.45, 7) is 0.154. The van der Waals surface area contributed by atoms with Crippen LogP contribution in [0.25, 0.3) is 11.4 Å². The van der Waals surface area contributed by atoms with E-state index in [0.717, 1.165) is 17.7 Å². The molecule has 0 radical (unpaired) electrons. The third-order valence-corrected chi connectivity index (χ3v) is 4.06. The number of nitrogens with zero attached hydrogens (tertiary/aromatic N) is 3. The first-order valence-electron chi connectivity index (χ1n) is 7.87. The summed E-state index contributed by atoms with van der Waals surface area (Å²) in [5.74, 6) is 0.350. The molecule has 0 aliphatic rings. The molecule has 0 aliphatic carbocycles. The van der Waals surface area contributed by atoms with Gasteiger partial charge in [-0.15, -0.1) is 0 Å². The summed E-state index contributed by atoms with van der Waals surface area (Å²) in [5, 5.41) is 12.6. The van der Waals surface area contributed by atoms with Crippen molar-refractivity contribution in [1.82, 2.24) is 15.0 Å². The Morgan fingerprint density at radius 1 is 1.07 bits per heavy atom. The summed E-state index contributed by atoms with van der Waals surface area (Å²) in [6.07, 6.45) is -4.08. The highest BCUT2D eigenvalue weighted by Gasteiger charge is 2.33. The highest BCUT2D eigenvalue weighted by molar-refractivity contribution is 6.31. The second-order valence-corrected chi connectivity index (χ2v) is 6.04. The van der Waals surface area contributed by atoms with E-state index in [-0.39, 0.29) is 18.3 Å². The first kappa shape index (κ1) is 19.1. The number of aliphatic hydroxyl groups is 1. The van der Waals surface area contributed by atoms with Crippen LogP contribution in [0.15, 0.2) is 54.9 Å². The largest absolute Gasteiger partial charge is 0.417 e. The summed E-state index contributed by atoms with van der Waals surface area (Å²) in [5.41, 5.74) is 0.127. The van der Waals surface area contributed by atoms with Crippen molar-refractivity contribution in [1.29, 1.82) is 0 Å². The van der Waals surface area contributed by atoms with Crippen LogP contribution < -0.4 is 5.32 Å². The molecule has 0 unspecified atom stereocenters. The molecule has 0 bridgehead atoms. The summed E-state index contributed by atoms with van der Waals surface area (Å²) >= 11 is 5.73. The lowest BCUT2D eigenvalue weighted by Crippen LogP contribution is -2.14. The molecular formula is C18H14ClF3N4O. The van der Waals surface area contributed by atoms with Crippen molar-refractivity contribution < 1.29 is 18.3 Å². The van der Waals surface area contributed by atoms with Gasteiger partial charge in [0.15, 0.2) is 5.82 Å². The average molecular weight is 395 g/mol. The molecular weight excluding hydrogens is 381 g/mol. The molecule has 0 spiro atoms. The molecule has 1 heterocycles. The fourth-order valence-corrected chi connectivity index (χ4v) is 2.67. The molecule has 140 valence electrons. The van der Waals surface area contributed by atoms with Crippen LogP contribution in [0.2, 0.25) is 5.02 Å². The molecule has 0 amide bonds. The van der Waals surface area contributed by atoms with Gasteiger partial charge in [-0.05, 0) is 17.7 Å². The van der Waals surface area contributed by atoms with Gasteiger partial charge in [0.2, 0.25) is 5.95 Å². The van der Waals surface area contributed by atoms with E-state index in [1.807, 2.05) is 18.2 Å². The highest BCUT2D eigenvalue weighted by Crippen LogP contribution is 2.36. The molecule has 0 aliphatic heterocycles. The van der Waals surface area contributed by atoms with Crippen molar-refractivity contribution in [2.75, 3.05) is 11.9 Å². The molecule has 3 aromatic rings. The smallest absolute Gasteiger partial charge is 0.387 e. The molecule has 3 rings (SSSR count). The minimum absolute atomic E-state index is 0.154. The predicted octanol–water partition coefficient (Wildman–Crippen LogP) is 4.36. The van der Waals surface area contributed by atoms with Crippen LogP contribution in [0.3, 0.4) is 0 Å². The molecule has 1 aromatic heterocycles. The van der Waals surface area contributed by atoms with Crippen LogP contribution in [0, 0.1) is 0 Å². The Bertz CT molecular complexity index is 922.